The number of carbonyl (C=O) groups excluding carboxylic acids is 1. The third-order valence-electron chi connectivity index (χ3n) is 4.75. The highest BCUT2D eigenvalue weighted by atomic mass is 16.1. The Morgan fingerprint density at radius 2 is 1.88 bits per heavy atom. The summed E-state index contributed by atoms with van der Waals surface area (Å²) in [6.07, 6.45) is 19.7. The molecule has 1 radical (unpaired) electrons. The summed E-state index contributed by atoms with van der Waals surface area (Å²) in [5.74, 6) is 0.0969. The largest absolute Gasteiger partial charge is 0.290 e. The molecular formula is C23H29O. The lowest BCUT2D eigenvalue weighted by atomic mass is 9.72. The van der Waals surface area contributed by atoms with Crippen LogP contribution in [-0.4, -0.2) is 5.78 Å². The Kier molecular flexibility index (Phi) is 5.99. The summed E-state index contributed by atoms with van der Waals surface area (Å²) in [5.41, 5.74) is 6.29. The summed E-state index contributed by atoms with van der Waals surface area (Å²) in [6.45, 7) is 11.0. The predicted octanol–water partition coefficient (Wildman–Crippen LogP) is 6.23. The van der Waals surface area contributed by atoms with Crippen LogP contribution in [0.5, 0.6) is 0 Å². The molecule has 127 valence electrons. The zero-order valence-corrected chi connectivity index (χ0v) is 15.6. The first kappa shape index (κ1) is 18.4. The number of hydrogen-bond acceptors (Lipinski definition) is 1. The van der Waals surface area contributed by atoms with Crippen molar-refractivity contribution in [3.63, 3.8) is 0 Å². The maximum Gasteiger partial charge on any atom is 0.182 e. The fraction of sp³-hybridized carbons (Fsp3) is 0.391. The zero-order chi connectivity index (χ0) is 17.7. The standard InChI is InChI=1S/C23H29O/c1-17(8-6-9-18(2)16-22(24)20-12-13-20)11-14-21-19(3)10-7-15-23(21,4)5/h6,8-9,11-14,16H,7,10,15H2,1-5H3/b9-6+,14-11+,17-8+,18-16+. The van der Waals surface area contributed by atoms with Gasteiger partial charge in [-0.3, -0.25) is 4.79 Å². The molecule has 2 aliphatic rings. The third-order valence-corrected chi connectivity index (χ3v) is 4.75. The maximum atomic E-state index is 11.6. The second kappa shape index (κ2) is 7.79. The molecule has 0 saturated heterocycles. The molecule has 0 aromatic heterocycles. The molecule has 0 spiro atoms. The van der Waals surface area contributed by atoms with Gasteiger partial charge in [-0.25, -0.2) is 0 Å². The monoisotopic (exact) mass is 321 g/mol. The third kappa shape index (κ3) is 5.33. The highest BCUT2D eigenvalue weighted by Gasteiger charge is 2.26. The first-order valence-electron chi connectivity index (χ1n) is 8.80. The molecule has 2 rings (SSSR count). The fourth-order valence-electron chi connectivity index (χ4n) is 3.18. The molecule has 0 aromatic rings. The van der Waals surface area contributed by atoms with Crippen LogP contribution in [0.3, 0.4) is 0 Å². The van der Waals surface area contributed by atoms with Gasteiger partial charge in [-0.1, -0.05) is 61.4 Å². The second-order valence-electron chi connectivity index (χ2n) is 7.58. The summed E-state index contributed by atoms with van der Waals surface area (Å²) >= 11 is 0. The van der Waals surface area contributed by atoms with Gasteiger partial charge in [0.1, 0.15) is 0 Å². The highest BCUT2D eigenvalue weighted by molar-refractivity contribution is 6.10. The quantitative estimate of drug-likeness (QED) is 0.418. The van der Waals surface area contributed by atoms with Gasteiger partial charge >= 0.3 is 0 Å². The minimum absolute atomic E-state index is 0.0969. The lowest BCUT2D eigenvalue weighted by molar-refractivity contribution is -0.110. The molecule has 0 aliphatic heterocycles. The summed E-state index contributed by atoms with van der Waals surface area (Å²) in [4.78, 5) is 11.6. The Balaban J connectivity index is 1.99. The van der Waals surface area contributed by atoms with E-state index in [1.165, 1.54) is 36.0 Å². The van der Waals surface area contributed by atoms with E-state index in [9.17, 15) is 4.79 Å². The van der Waals surface area contributed by atoms with Crippen LogP contribution in [0.15, 0.2) is 70.4 Å². The van der Waals surface area contributed by atoms with Crippen LogP contribution in [0.2, 0.25) is 0 Å². The van der Waals surface area contributed by atoms with E-state index < -0.39 is 0 Å². The molecule has 1 nitrogen and oxygen atoms in total. The van der Waals surface area contributed by atoms with Crippen LogP contribution < -0.4 is 0 Å². The Morgan fingerprint density at radius 3 is 2.50 bits per heavy atom. The van der Waals surface area contributed by atoms with Crippen LogP contribution in [-0.2, 0) is 4.79 Å². The van der Waals surface area contributed by atoms with Crippen molar-refractivity contribution in [1.82, 2.24) is 0 Å². The Hall–Kier alpha value is -1.89. The van der Waals surface area contributed by atoms with E-state index in [-0.39, 0.29) is 11.2 Å². The van der Waals surface area contributed by atoms with Crippen molar-refractivity contribution >= 4 is 5.78 Å². The molecule has 0 fully saturated rings. The van der Waals surface area contributed by atoms with Gasteiger partial charge in [0.05, 0.1) is 0 Å². The molecule has 0 bridgehead atoms. The fourth-order valence-corrected chi connectivity index (χ4v) is 3.18. The second-order valence-corrected chi connectivity index (χ2v) is 7.58. The van der Waals surface area contributed by atoms with E-state index in [1.54, 1.807) is 6.08 Å². The SMILES string of the molecule is CC1=C(/C=C/C(C)=C/C=C/C(C)=C/C(=O)C2=C[CH]2)C(C)(C)CCC1. The average Bonchev–Trinajstić information content (AvgIpc) is 3.30. The number of ketones is 1. The van der Waals surface area contributed by atoms with Gasteiger partial charge in [0.25, 0.3) is 0 Å². The molecule has 0 aromatic carbocycles. The van der Waals surface area contributed by atoms with Crippen molar-refractivity contribution in [3.8, 4) is 0 Å². The Labute approximate surface area is 147 Å². The van der Waals surface area contributed by atoms with E-state index in [0.717, 1.165) is 11.1 Å². The first-order chi connectivity index (χ1) is 11.3. The average molecular weight is 321 g/mol. The van der Waals surface area contributed by atoms with E-state index >= 15 is 0 Å². The molecule has 0 heterocycles. The molecule has 24 heavy (non-hydrogen) atoms. The lowest BCUT2D eigenvalue weighted by Crippen LogP contribution is -2.19. The van der Waals surface area contributed by atoms with Crippen LogP contribution in [0.25, 0.3) is 0 Å². The summed E-state index contributed by atoms with van der Waals surface area (Å²) in [5, 5.41) is 0. The summed E-state index contributed by atoms with van der Waals surface area (Å²) in [6, 6.07) is 0. The van der Waals surface area contributed by atoms with Crippen molar-refractivity contribution < 1.29 is 4.79 Å². The van der Waals surface area contributed by atoms with Crippen molar-refractivity contribution in [1.29, 1.82) is 0 Å². The normalized spacial score (nSPS) is 21.6. The topological polar surface area (TPSA) is 17.1 Å². The van der Waals surface area contributed by atoms with E-state index in [4.69, 9.17) is 0 Å². The molecular weight excluding hydrogens is 292 g/mol. The zero-order valence-electron chi connectivity index (χ0n) is 15.6. The number of allylic oxidation sites excluding steroid dienone is 12. The predicted molar refractivity (Wildman–Crippen MR) is 104 cm³/mol. The summed E-state index contributed by atoms with van der Waals surface area (Å²) < 4.78 is 0. The van der Waals surface area contributed by atoms with Crippen molar-refractivity contribution in [2.24, 2.45) is 5.41 Å². The van der Waals surface area contributed by atoms with Crippen molar-refractivity contribution in [2.75, 3.05) is 0 Å². The Bertz CT molecular complexity index is 688. The van der Waals surface area contributed by atoms with Crippen LogP contribution in [0, 0.1) is 11.8 Å². The van der Waals surface area contributed by atoms with Crippen LogP contribution in [0.1, 0.15) is 53.9 Å². The van der Waals surface area contributed by atoms with Crippen molar-refractivity contribution in [3.05, 3.63) is 76.8 Å². The number of carbonyl (C=O) groups is 1. The molecule has 0 amide bonds. The molecule has 0 N–H and O–H groups in total. The Morgan fingerprint density at radius 1 is 1.17 bits per heavy atom. The molecule has 0 atom stereocenters. The van der Waals surface area contributed by atoms with E-state index in [1.807, 2.05) is 31.6 Å². The van der Waals surface area contributed by atoms with Gasteiger partial charge in [0, 0.05) is 12.0 Å². The lowest BCUT2D eigenvalue weighted by Gasteiger charge is -2.32. The van der Waals surface area contributed by atoms with Gasteiger partial charge in [-0.15, -0.1) is 0 Å². The van der Waals surface area contributed by atoms with Crippen molar-refractivity contribution in [2.45, 2.75) is 53.9 Å². The molecule has 0 saturated carbocycles. The minimum atomic E-state index is 0.0969. The molecule has 1 heteroatoms. The van der Waals surface area contributed by atoms with Crippen LogP contribution in [0.4, 0.5) is 0 Å². The van der Waals surface area contributed by atoms with Crippen LogP contribution >= 0.6 is 0 Å². The van der Waals surface area contributed by atoms with Gasteiger partial charge in [0.15, 0.2) is 5.78 Å². The van der Waals surface area contributed by atoms with E-state index in [2.05, 4.69) is 45.9 Å². The van der Waals surface area contributed by atoms with E-state index in [0.29, 0.717) is 0 Å². The highest BCUT2D eigenvalue weighted by Crippen LogP contribution is 2.40. The number of rotatable bonds is 6. The number of hydrogen-bond donors (Lipinski definition) is 0. The minimum Gasteiger partial charge on any atom is -0.290 e. The molecule has 0 unspecified atom stereocenters. The smallest absolute Gasteiger partial charge is 0.182 e. The first-order valence-corrected chi connectivity index (χ1v) is 8.80. The molecule has 2 aliphatic carbocycles. The van der Waals surface area contributed by atoms with Gasteiger partial charge < -0.3 is 0 Å². The summed E-state index contributed by atoms with van der Waals surface area (Å²) in [7, 11) is 0. The van der Waals surface area contributed by atoms with Gasteiger partial charge in [-0.2, -0.15) is 0 Å². The van der Waals surface area contributed by atoms with Gasteiger partial charge in [0.2, 0.25) is 0 Å². The maximum absolute atomic E-state index is 11.6. The van der Waals surface area contributed by atoms with Gasteiger partial charge in [-0.05, 0) is 62.7 Å².